The van der Waals surface area contributed by atoms with Gasteiger partial charge in [-0.3, -0.25) is 9.48 Å². The summed E-state index contributed by atoms with van der Waals surface area (Å²) >= 11 is 0. The fourth-order valence-electron chi connectivity index (χ4n) is 5.92. The number of nitrogens with zero attached hydrogens (tertiary/aromatic N) is 5. The predicted octanol–water partition coefficient (Wildman–Crippen LogP) is 4.39. The first-order valence-corrected chi connectivity index (χ1v) is 11.0. The fraction of sp³-hybridized carbons (Fsp3) is 0.417. The molecule has 3 saturated carbocycles. The van der Waals surface area contributed by atoms with Crippen molar-refractivity contribution in [1.82, 2.24) is 19.8 Å². The minimum Gasteiger partial charge on any atom is -0.272 e. The summed E-state index contributed by atoms with van der Waals surface area (Å²) in [5.41, 5.74) is 2.87. The summed E-state index contributed by atoms with van der Waals surface area (Å²) in [5.74, 6) is -0.466. The van der Waals surface area contributed by atoms with Crippen molar-refractivity contribution in [3.63, 3.8) is 0 Å². The maximum atomic E-state index is 13.8. The normalized spacial score (nSPS) is 28.5. The van der Waals surface area contributed by atoms with E-state index in [4.69, 9.17) is 0 Å². The molecule has 0 radical (unpaired) electrons. The molecule has 1 amide bonds. The predicted molar refractivity (Wildman–Crippen MR) is 115 cm³/mol. The zero-order chi connectivity index (χ0) is 22.0. The number of halogens is 2. The first-order valence-electron chi connectivity index (χ1n) is 11.0. The summed E-state index contributed by atoms with van der Waals surface area (Å²) in [6.45, 7) is 2.72. The highest BCUT2D eigenvalue weighted by Crippen LogP contribution is 2.63. The average molecular weight is 435 g/mol. The molecule has 32 heavy (non-hydrogen) atoms. The highest BCUT2D eigenvalue weighted by Gasteiger charge is 2.62. The highest BCUT2D eigenvalue weighted by molar-refractivity contribution is 5.87. The van der Waals surface area contributed by atoms with Gasteiger partial charge in [-0.25, -0.2) is 18.8 Å². The first-order chi connectivity index (χ1) is 15.4. The molecule has 1 aromatic carbocycles. The Morgan fingerprint density at radius 1 is 1.16 bits per heavy atom. The third-order valence-corrected chi connectivity index (χ3v) is 7.43. The third kappa shape index (κ3) is 2.96. The van der Waals surface area contributed by atoms with Crippen molar-refractivity contribution < 1.29 is 13.6 Å². The van der Waals surface area contributed by atoms with E-state index in [9.17, 15) is 13.6 Å². The van der Waals surface area contributed by atoms with Gasteiger partial charge in [0.1, 0.15) is 17.2 Å². The Morgan fingerprint density at radius 3 is 2.72 bits per heavy atom. The van der Waals surface area contributed by atoms with Crippen LogP contribution in [0.25, 0.3) is 11.0 Å². The number of pyridine rings is 1. The second-order valence-corrected chi connectivity index (χ2v) is 9.50. The molecule has 6 nitrogen and oxygen atoms in total. The van der Waals surface area contributed by atoms with Crippen molar-refractivity contribution in [1.29, 1.82) is 0 Å². The van der Waals surface area contributed by atoms with Crippen LogP contribution in [0.4, 0.5) is 8.78 Å². The lowest BCUT2D eigenvalue weighted by molar-refractivity contribution is -0.148. The van der Waals surface area contributed by atoms with Crippen LogP contribution < -0.4 is 0 Å². The Bertz CT molecular complexity index is 1240. The quantitative estimate of drug-likeness (QED) is 0.611. The minimum atomic E-state index is -0.641. The van der Waals surface area contributed by atoms with Crippen LogP contribution in [0.1, 0.15) is 43.0 Å². The molecular weight excluding hydrogens is 412 g/mol. The van der Waals surface area contributed by atoms with E-state index in [0.29, 0.717) is 23.8 Å². The second kappa shape index (κ2) is 6.92. The van der Waals surface area contributed by atoms with Gasteiger partial charge in [0.2, 0.25) is 5.91 Å². The average Bonchev–Trinajstić information content (AvgIpc) is 3.48. The molecule has 3 heterocycles. The zero-order valence-electron chi connectivity index (χ0n) is 17.7. The fourth-order valence-corrected chi connectivity index (χ4v) is 5.92. The molecule has 1 aliphatic heterocycles. The molecule has 3 aliphatic carbocycles. The molecule has 4 aliphatic rings. The standard InChI is InChI=1S/C24H23F2N5O/c1-14-2-3-22-20(29-14)12-28-30(22)13-17-11-24(9-16(17)10-24)23(32)31-21(4-5-27-31)15-6-18(25)8-19(26)7-15/h2-3,5-8,12,16-17,21H,4,9-11,13H2,1H3. The van der Waals surface area contributed by atoms with Crippen molar-refractivity contribution in [3.05, 3.63) is 59.4 Å². The van der Waals surface area contributed by atoms with Gasteiger partial charge in [-0.2, -0.15) is 10.2 Å². The largest absolute Gasteiger partial charge is 0.272 e. The molecular formula is C24H23F2N5O. The summed E-state index contributed by atoms with van der Waals surface area (Å²) in [4.78, 5) is 18.1. The van der Waals surface area contributed by atoms with E-state index in [0.717, 1.165) is 48.6 Å². The minimum absolute atomic E-state index is 0.0257. The molecule has 0 N–H and O–H groups in total. The summed E-state index contributed by atoms with van der Waals surface area (Å²) in [7, 11) is 0. The molecule has 2 aromatic heterocycles. The van der Waals surface area contributed by atoms with Gasteiger partial charge < -0.3 is 0 Å². The number of aromatic nitrogens is 3. The van der Waals surface area contributed by atoms with Crippen LogP contribution in [-0.2, 0) is 11.3 Å². The van der Waals surface area contributed by atoms with Crippen LogP contribution in [0.5, 0.6) is 0 Å². The van der Waals surface area contributed by atoms with Gasteiger partial charge >= 0.3 is 0 Å². The smallest absolute Gasteiger partial charge is 0.249 e. The number of carbonyl (C=O) groups is 1. The summed E-state index contributed by atoms with van der Waals surface area (Å²) in [5, 5.41) is 10.3. The molecule has 8 heteroatoms. The number of rotatable bonds is 4. The van der Waals surface area contributed by atoms with Crippen LogP contribution in [-0.4, -0.2) is 31.9 Å². The van der Waals surface area contributed by atoms with Crippen molar-refractivity contribution in [2.75, 3.05) is 0 Å². The van der Waals surface area contributed by atoms with Crippen LogP contribution in [0.3, 0.4) is 0 Å². The summed E-state index contributed by atoms with van der Waals surface area (Å²) in [6.07, 6.45) is 6.38. The number of hydrogen-bond donors (Lipinski definition) is 0. The van der Waals surface area contributed by atoms with Crippen molar-refractivity contribution in [3.8, 4) is 0 Å². The molecule has 7 rings (SSSR count). The van der Waals surface area contributed by atoms with Crippen LogP contribution in [0.15, 0.2) is 41.6 Å². The number of hydrogen-bond acceptors (Lipinski definition) is 4. The lowest BCUT2D eigenvalue weighted by Crippen LogP contribution is -2.45. The molecule has 2 bridgehead atoms. The molecule has 3 aromatic rings. The first kappa shape index (κ1) is 19.5. The summed E-state index contributed by atoms with van der Waals surface area (Å²) in [6, 6.07) is 7.01. The summed E-state index contributed by atoms with van der Waals surface area (Å²) < 4.78 is 29.5. The Hall–Kier alpha value is -3.16. The van der Waals surface area contributed by atoms with E-state index in [2.05, 4.69) is 15.2 Å². The lowest BCUT2D eigenvalue weighted by atomic mass is 9.68. The molecule has 3 fully saturated rings. The number of fused-ring (bicyclic) bond motifs is 2. The molecule has 2 atom stereocenters. The highest BCUT2D eigenvalue weighted by atomic mass is 19.1. The lowest BCUT2D eigenvalue weighted by Gasteiger charge is -2.40. The molecule has 164 valence electrons. The molecule has 0 saturated heterocycles. The number of carbonyl (C=O) groups excluding carboxylic acids is 1. The second-order valence-electron chi connectivity index (χ2n) is 9.50. The maximum absolute atomic E-state index is 13.8. The van der Waals surface area contributed by atoms with E-state index >= 15 is 0 Å². The Kier molecular flexibility index (Phi) is 4.22. The van der Waals surface area contributed by atoms with Gasteiger partial charge in [-0.15, -0.1) is 0 Å². The Balaban J connectivity index is 1.20. The number of aryl methyl sites for hydroxylation is 1. The van der Waals surface area contributed by atoms with Gasteiger partial charge in [0.05, 0.1) is 23.2 Å². The van der Waals surface area contributed by atoms with Crippen LogP contribution in [0, 0.1) is 35.8 Å². The van der Waals surface area contributed by atoms with E-state index in [1.807, 2.05) is 23.7 Å². The van der Waals surface area contributed by atoms with Gasteiger partial charge in [0, 0.05) is 30.9 Å². The van der Waals surface area contributed by atoms with Crippen molar-refractivity contribution in [2.24, 2.45) is 22.4 Å². The van der Waals surface area contributed by atoms with Gasteiger partial charge in [0.15, 0.2) is 0 Å². The van der Waals surface area contributed by atoms with Crippen molar-refractivity contribution in [2.45, 2.75) is 45.2 Å². The number of hydrazone groups is 1. The van der Waals surface area contributed by atoms with E-state index in [1.54, 1.807) is 12.4 Å². The molecule has 2 unspecified atom stereocenters. The zero-order valence-corrected chi connectivity index (χ0v) is 17.7. The van der Waals surface area contributed by atoms with Crippen LogP contribution >= 0.6 is 0 Å². The maximum Gasteiger partial charge on any atom is 0.249 e. The number of amides is 1. The SMILES string of the molecule is Cc1ccc2c(cnn2CC2CC3(C(=O)N4N=CCC4c4cc(F)cc(F)c4)CC2C3)n1. The monoisotopic (exact) mass is 435 g/mol. The number of benzene rings is 1. The van der Waals surface area contributed by atoms with E-state index in [-0.39, 0.29) is 5.91 Å². The topological polar surface area (TPSA) is 63.4 Å². The van der Waals surface area contributed by atoms with E-state index in [1.165, 1.54) is 17.1 Å². The Morgan fingerprint density at radius 2 is 1.94 bits per heavy atom. The third-order valence-electron chi connectivity index (χ3n) is 7.43. The Labute approximate surface area is 183 Å². The van der Waals surface area contributed by atoms with Gasteiger partial charge in [0.25, 0.3) is 0 Å². The van der Waals surface area contributed by atoms with Crippen molar-refractivity contribution >= 4 is 23.2 Å². The van der Waals surface area contributed by atoms with Gasteiger partial charge in [-0.05, 0) is 67.9 Å². The molecule has 0 spiro atoms. The van der Waals surface area contributed by atoms with Crippen LogP contribution in [0.2, 0.25) is 0 Å². The van der Waals surface area contributed by atoms with E-state index < -0.39 is 23.1 Å². The van der Waals surface area contributed by atoms with Gasteiger partial charge in [-0.1, -0.05) is 0 Å².